The first-order valence-electron chi connectivity index (χ1n) is 7.62. The lowest BCUT2D eigenvalue weighted by Crippen LogP contribution is -1.99. The van der Waals surface area contributed by atoms with Crippen LogP contribution in [0.1, 0.15) is 43.4 Å². The van der Waals surface area contributed by atoms with Crippen LogP contribution in [-0.4, -0.2) is 0 Å². The molecule has 0 radical (unpaired) electrons. The van der Waals surface area contributed by atoms with Gasteiger partial charge in [0.25, 0.3) is 0 Å². The second kappa shape index (κ2) is 7.74. The average Bonchev–Trinajstić information content (AvgIpc) is 2.51. The van der Waals surface area contributed by atoms with Crippen molar-refractivity contribution >= 4 is 0 Å². The van der Waals surface area contributed by atoms with Gasteiger partial charge >= 0.3 is 0 Å². The molecular formula is C19H24O. The van der Waals surface area contributed by atoms with Gasteiger partial charge in [0.1, 0.15) is 12.4 Å². The first-order valence-corrected chi connectivity index (χ1v) is 7.62. The van der Waals surface area contributed by atoms with Crippen molar-refractivity contribution in [1.29, 1.82) is 0 Å². The molecule has 0 aliphatic rings. The largest absolute Gasteiger partial charge is 0.489 e. The number of rotatable bonds is 7. The smallest absolute Gasteiger partial charge is 0.122 e. The zero-order valence-corrected chi connectivity index (χ0v) is 12.6. The van der Waals surface area contributed by atoms with Crippen molar-refractivity contribution in [2.45, 2.75) is 46.1 Å². The molecule has 2 aromatic rings. The van der Waals surface area contributed by atoms with Crippen molar-refractivity contribution in [3.8, 4) is 5.75 Å². The fourth-order valence-electron chi connectivity index (χ4n) is 2.35. The summed E-state index contributed by atoms with van der Waals surface area (Å²) in [7, 11) is 0. The van der Waals surface area contributed by atoms with Crippen molar-refractivity contribution in [2.24, 2.45) is 0 Å². The monoisotopic (exact) mass is 268 g/mol. The molecule has 1 heteroatoms. The van der Waals surface area contributed by atoms with Crippen LogP contribution in [0.5, 0.6) is 5.75 Å². The molecule has 0 amide bonds. The van der Waals surface area contributed by atoms with Crippen LogP contribution in [0.15, 0.2) is 48.5 Å². The molecule has 0 saturated carbocycles. The Hall–Kier alpha value is -1.76. The molecule has 0 aliphatic heterocycles. The number of hydrogen-bond acceptors (Lipinski definition) is 1. The summed E-state index contributed by atoms with van der Waals surface area (Å²) in [4.78, 5) is 0. The van der Waals surface area contributed by atoms with Gasteiger partial charge < -0.3 is 4.74 Å². The Morgan fingerprint density at radius 1 is 0.900 bits per heavy atom. The fourth-order valence-corrected chi connectivity index (χ4v) is 2.35. The first-order chi connectivity index (χ1) is 9.83. The molecule has 0 aliphatic carbocycles. The van der Waals surface area contributed by atoms with Crippen molar-refractivity contribution < 1.29 is 4.74 Å². The minimum absolute atomic E-state index is 0.650. The van der Waals surface area contributed by atoms with Gasteiger partial charge in [-0.1, -0.05) is 62.7 Å². The van der Waals surface area contributed by atoms with Crippen molar-refractivity contribution in [2.75, 3.05) is 0 Å². The molecule has 0 bridgehead atoms. The molecule has 0 heterocycles. The van der Waals surface area contributed by atoms with E-state index < -0.39 is 0 Å². The highest BCUT2D eigenvalue weighted by atomic mass is 16.5. The summed E-state index contributed by atoms with van der Waals surface area (Å²) >= 11 is 0. The second-order valence-electron chi connectivity index (χ2n) is 5.17. The third kappa shape index (κ3) is 4.12. The average molecular weight is 268 g/mol. The van der Waals surface area contributed by atoms with E-state index in [-0.39, 0.29) is 0 Å². The maximum Gasteiger partial charge on any atom is 0.122 e. The second-order valence-corrected chi connectivity index (χ2v) is 5.17. The van der Waals surface area contributed by atoms with Gasteiger partial charge in [0.15, 0.2) is 0 Å². The highest BCUT2D eigenvalue weighted by Gasteiger charge is 2.02. The van der Waals surface area contributed by atoms with Gasteiger partial charge in [0.2, 0.25) is 0 Å². The Labute approximate surface area is 122 Å². The highest BCUT2D eigenvalue weighted by Crippen LogP contribution is 2.20. The number of benzene rings is 2. The van der Waals surface area contributed by atoms with Crippen molar-refractivity contribution in [1.82, 2.24) is 0 Å². The van der Waals surface area contributed by atoms with E-state index in [1.54, 1.807) is 0 Å². The Morgan fingerprint density at radius 3 is 2.50 bits per heavy atom. The molecule has 0 N–H and O–H groups in total. The van der Waals surface area contributed by atoms with E-state index in [0.29, 0.717) is 6.61 Å². The van der Waals surface area contributed by atoms with Crippen LogP contribution >= 0.6 is 0 Å². The fraction of sp³-hybridized carbons (Fsp3) is 0.368. The van der Waals surface area contributed by atoms with E-state index in [1.807, 2.05) is 6.07 Å². The predicted octanol–water partition coefficient (Wildman–Crippen LogP) is 5.17. The number of aryl methyl sites for hydroxylation is 2. The number of hydrogen-bond donors (Lipinski definition) is 0. The van der Waals surface area contributed by atoms with Crippen LogP contribution < -0.4 is 4.74 Å². The normalized spacial score (nSPS) is 10.5. The standard InChI is InChI=1S/C19H24O/c1-3-5-9-16-10-8-11-17(14-16)15-20-19-13-7-6-12-18(19)4-2/h6-8,10-14H,3-5,9,15H2,1-2H3. The van der Waals surface area contributed by atoms with Gasteiger partial charge in [-0.3, -0.25) is 0 Å². The summed E-state index contributed by atoms with van der Waals surface area (Å²) in [6, 6.07) is 17.0. The molecule has 2 rings (SSSR count). The quantitative estimate of drug-likeness (QED) is 0.673. The Balaban J connectivity index is 1.99. The minimum atomic E-state index is 0.650. The van der Waals surface area contributed by atoms with Crippen LogP contribution in [0.25, 0.3) is 0 Å². The van der Waals surface area contributed by atoms with E-state index >= 15 is 0 Å². The lowest BCUT2D eigenvalue weighted by molar-refractivity contribution is 0.303. The zero-order valence-electron chi connectivity index (χ0n) is 12.6. The molecule has 0 saturated heterocycles. The SMILES string of the molecule is CCCCc1cccc(COc2ccccc2CC)c1. The van der Waals surface area contributed by atoms with Gasteiger partial charge in [0.05, 0.1) is 0 Å². The summed E-state index contributed by atoms with van der Waals surface area (Å²) in [6.45, 7) is 5.04. The van der Waals surface area contributed by atoms with Gasteiger partial charge in [0, 0.05) is 0 Å². The van der Waals surface area contributed by atoms with E-state index in [4.69, 9.17) is 4.74 Å². The van der Waals surface area contributed by atoms with Crippen molar-refractivity contribution in [3.63, 3.8) is 0 Å². The molecule has 0 atom stereocenters. The topological polar surface area (TPSA) is 9.23 Å². The molecule has 0 fully saturated rings. The molecule has 0 spiro atoms. The lowest BCUT2D eigenvalue weighted by atomic mass is 10.1. The summed E-state index contributed by atoms with van der Waals surface area (Å²) in [5.41, 5.74) is 3.94. The van der Waals surface area contributed by atoms with E-state index in [2.05, 4.69) is 56.3 Å². The van der Waals surface area contributed by atoms with Gasteiger partial charge in [-0.05, 0) is 42.0 Å². The number of ether oxygens (including phenoxy) is 1. The van der Waals surface area contributed by atoms with Crippen molar-refractivity contribution in [3.05, 3.63) is 65.2 Å². The molecule has 0 aromatic heterocycles. The number of para-hydroxylation sites is 1. The highest BCUT2D eigenvalue weighted by molar-refractivity contribution is 5.33. The molecule has 20 heavy (non-hydrogen) atoms. The number of unbranched alkanes of at least 4 members (excludes halogenated alkanes) is 1. The molecule has 106 valence electrons. The first kappa shape index (κ1) is 14.6. The van der Waals surface area contributed by atoms with Crippen LogP contribution in [-0.2, 0) is 19.4 Å². The summed E-state index contributed by atoms with van der Waals surface area (Å²) in [5.74, 6) is 1.01. The van der Waals surface area contributed by atoms with Gasteiger partial charge in [-0.15, -0.1) is 0 Å². The lowest BCUT2D eigenvalue weighted by Gasteiger charge is -2.11. The van der Waals surface area contributed by atoms with Gasteiger partial charge in [-0.25, -0.2) is 0 Å². The Kier molecular flexibility index (Phi) is 5.67. The van der Waals surface area contributed by atoms with E-state index in [1.165, 1.54) is 29.5 Å². The van der Waals surface area contributed by atoms with E-state index in [9.17, 15) is 0 Å². The van der Waals surface area contributed by atoms with Crippen LogP contribution in [0.3, 0.4) is 0 Å². The molecular weight excluding hydrogens is 244 g/mol. The predicted molar refractivity (Wildman–Crippen MR) is 85.2 cm³/mol. The third-order valence-corrected chi connectivity index (χ3v) is 3.56. The molecule has 2 aromatic carbocycles. The summed E-state index contributed by atoms with van der Waals surface area (Å²) in [5, 5.41) is 0. The Bertz CT molecular complexity index is 531. The van der Waals surface area contributed by atoms with E-state index in [0.717, 1.165) is 18.6 Å². The minimum Gasteiger partial charge on any atom is -0.489 e. The van der Waals surface area contributed by atoms with Crippen LogP contribution in [0.2, 0.25) is 0 Å². The summed E-state index contributed by atoms with van der Waals surface area (Å²) < 4.78 is 5.97. The van der Waals surface area contributed by atoms with Gasteiger partial charge in [-0.2, -0.15) is 0 Å². The zero-order chi connectivity index (χ0) is 14.2. The van der Waals surface area contributed by atoms with Crippen LogP contribution in [0, 0.1) is 0 Å². The maximum atomic E-state index is 5.97. The molecule has 0 unspecified atom stereocenters. The van der Waals surface area contributed by atoms with Crippen LogP contribution in [0.4, 0.5) is 0 Å². The third-order valence-electron chi connectivity index (χ3n) is 3.56. The maximum absolute atomic E-state index is 5.97. The molecule has 1 nitrogen and oxygen atoms in total. The summed E-state index contributed by atoms with van der Waals surface area (Å²) in [6.07, 6.45) is 4.66. The Morgan fingerprint density at radius 2 is 1.70 bits per heavy atom.